The molecule has 2 nitrogen and oxygen atoms in total. The minimum absolute atomic E-state index is 0.146. The van der Waals surface area contributed by atoms with E-state index in [9.17, 15) is 4.79 Å². The summed E-state index contributed by atoms with van der Waals surface area (Å²) in [7, 11) is 0. The molecule has 0 aromatic carbocycles. The average Bonchev–Trinajstić information content (AvgIpc) is 2.27. The summed E-state index contributed by atoms with van der Waals surface area (Å²) in [5.74, 6) is 0.754. The number of hydrogen-bond acceptors (Lipinski definition) is 1. The van der Waals surface area contributed by atoms with E-state index in [-0.39, 0.29) is 6.42 Å². The van der Waals surface area contributed by atoms with Crippen LogP contribution in [0.15, 0.2) is 35.5 Å². The van der Waals surface area contributed by atoms with Gasteiger partial charge in [-0.15, -0.1) is 0 Å². The molecule has 0 bridgehead atoms. The molecule has 0 saturated carbocycles. The summed E-state index contributed by atoms with van der Waals surface area (Å²) >= 11 is 0. The first-order chi connectivity index (χ1) is 8.08. The van der Waals surface area contributed by atoms with Gasteiger partial charge in [0, 0.05) is 5.92 Å². The van der Waals surface area contributed by atoms with Gasteiger partial charge in [0.05, 0.1) is 6.42 Å². The van der Waals surface area contributed by atoms with Crippen molar-refractivity contribution in [2.24, 2.45) is 17.8 Å². The quantitative estimate of drug-likeness (QED) is 0.739. The fourth-order valence-corrected chi connectivity index (χ4v) is 2.87. The molecule has 0 spiro atoms. The second-order valence-electron chi connectivity index (χ2n) is 5.22. The first kappa shape index (κ1) is 12.2. The Morgan fingerprint density at radius 2 is 2.24 bits per heavy atom. The van der Waals surface area contributed by atoms with E-state index in [0.717, 1.165) is 6.42 Å². The van der Waals surface area contributed by atoms with Crippen molar-refractivity contribution in [3.05, 3.63) is 35.5 Å². The van der Waals surface area contributed by atoms with Crippen LogP contribution in [0.2, 0.25) is 0 Å². The van der Waals surface area contributed by atoms with Gasteiger partial charge in [0.15, 0.2) is 0 Å². The van der Waals surface area contributed by atoms with Gasteiger partial charge < -0.3 is 5.11 Å². The lowest BCUT2D eigenvalue weighted by atomic mass is 9.71. The smallest absolute Gasteiger partial charge is 0.307 e. The fraction of sp³-hybridized carbons (Fsp3) is 0.533. The van der Waals surface area contributed by atoms with E-state index in [1.165, 1.54) is 17.6 Å². The Kier molecular flexibility index (Phi) is 3.51. The molecule has 2 heteroatoms. The van der Waals surface area contributed by atoms with E-state index >= 15 is 0 Å². The molecule has 2 rings (SSSR count). The number of allylic oxidation sites excluding steroid dienone is 5. The Morgan fingerprint density at radius 3 is 2.94 bits per heavy atom. The molecule has 0 amide bonds. The number of carboxylic acids is 1. The van der Waals surface area contributed by atoms with E-state index in [1.54, 1.807) is 0 Å². The molecular formula is C15H20O2. The van der Waals surface area contributed by atoms with Gasteiger partial charge in [0.2, 0.25) is 0 Å². The Labute approximate surface area is 103 Å². The number of carboxylic acid groups (broad SMARTS) is 1. The molecule has 2 aliphatic carbocycles. The lowest BCUT2D eigenvalue weighted by Gasteiger charge is -2.33. The molecule has 3 atom stereocenters. The monoisotopic (exact) mass is 232 g/mol. The predicted molar refractivity (Wildman–Crippen MR) is 68.6 cm³/mol. The highest BCUT2D eigenvalue weighted by molar-refractivity contribution is 5.69. The van der Waals surface area contributed by atoms with Crippen LogP contribution < -0.4 is 0 Å². The first-order valence-electron chi connectivity index (χ1n) is 6.39. The molecule has 0 heterocycles. The van der Waals surface area contributed by atoms with E-state index in [2.05, 4.69) is 32.1 Å². The van der Waals surface area contributed by atoms with Crippen molar-refractivity contribution in [1.82, 2.24) is 0 Å². The predicted octanol–water partition coefficient (Wildman–Crippen LogP) is 3.57. The molecule has 0 unspecified atom stereocenters. The third-order valence-corrected chi connectivity index (χ3v) is 3.81. The summed E-state index contributed by atoms with van der Waals surface area (Å²) < 4.78 is 0. The maximum atomic E-state index is 10.7. The Bertz CT molecular complexity index is 401. The second kappa shape index (κ2) is 4.91. The summed E-state index contributed by atoms with van der Waals surface area (Å²) in [5.41, 5.74) is 2.69. The molecule has 17 heavy (non-hydrogen) atoms. The zero-order chi connectivity index (χ0) is 12.4. The SMILES string of the molecule is C[C@H]1C=C2C=C[C@H](C)/C(=C/CC(=O)O)[C@@H]2CC1. The van der Waals surface area contributed by atoms with E-state index < -0.39 is 5.97 Å². The maximum Gasteiger partial charge on any atom is 0.307 e. The van der Waals surface area contributed by atoms with Gasteiger partial charge in [-0.2, -0.15) is 0 Å². The van der Waals surface area contributed by atoms with Crippen molar-refractivity contribution in [3.63, 3.8) is 0 Å². The van der Waals surface area contributed by atoms with Crippen molar-refractivity contribution < 1.29 is 9.90 Å². The molecule has 0 radical (unpaired) electrons. The van der Waals surface area contributed by atoms with Crippen molar-refractivity contribution in [1.29, 1.82) is 0 Å². The van der Waals surface area contributed by atoms with Crippen molar-refractivity contribution >= 4 is 5.97 Å². The topological polar surface area (TPSA) is 37.3 Å². The molecule has 92 valence electrons. The number of fused-ring (bicyclic) bond motifs is 1. The normalized spacial score (nSPS) is 34.4. The van der Waals surface area contributed by atoms with Gasteiger partial charge >= 0.3 is 5.97 Å². The third kappa shape index (κ3) is 2.68. The van der Waals surface area contributed by atoms with Crippen LogP contribution in [-0.2, 0) is 4.79 Å². The summed E-state index contributed by atoms with van der Waals surface area (Å²) in [6.07, 6.45) is 11.2. The minimum atomic E-state index is -0.742. The van der Waals surface area contributed by atoms with Gasteiger partial charge in [-0.05, 0) is 30.3 Å². The van der Waals surface area contributed by atoms with Crippen molar-refractivity contribution in [3.8, 4) is 0 Å². The van der Waals surface area contributed by atoms with Gasteiger partial charge in [-0.25, -0.2) is 0 Å². The Balaban J connectivity index is 2.27. The molecule has 0 saturated heterocycles. The number of aliphatic carboxylic acids is 1. The second-order valence-corrected chi connectivity index (χ2v) is 5.22. The largest absolute Gasteiger partial charge is 0.481 e. The third-order valence-electron chi connectivity index (χ3n) is 3.81. The summed E-state index contributed by atoms with van der Waals surface area (Å²) in [6.45, 7) is 4.40. The number of carbonyl (C=O) groups is 1. The lowest BCUT2D eigenvalue weighted by Crippen LogP contribution is -2.21. The zero-order valence-corrected chi connectivity index (χ0v) is 10.5. The van der Waals surface area contributed by atoms with Crippen LogP contribution in [0.25, 0.3) is 0 Å². The fourth-order valence-electron chi connectivity index (χ4n) is 2.87. The highest BCUT2D eigenvalue weighted by Crippen LogP contribution is 2.40. The van der Waals surface area contributed by atoms with E-state index in [1.807, 2.05) is 6.08 Å². The Hall–Kier alpha value is -1.31. The standard InChI is InChI=1S/C15H20O2/c1-10-3-6-14-12(9-10)5-4-11(2)13(14)7-8-15(16)17/h4-5,7,9-11,14H,3,6,8H2,1-2H3,(H,16,17)/b13-7-/t10-,11+,14-/m1/s1. The summed E-state index contributed by atoms with van der Waals surface area (Å²) in [6, 6.07) is 0. The van der Waals surface area contributed by atoms with E-state index in [0.29, 0.717) is 17.8 Å². The zero-order valence-electron chi connectivity index (χ0n) is 10.5. The number of hydrogen-bond donors (Lipinski definition) is 1. The molecule has 0 aromatic rings. The molecule has 0 fully saturated rings. The summed E-state index contributed by atoms with van der Waals surface area (Å²) in [4.78, 5) is 10.7. The maximum absolute atomic E-state index is 10.7. The van der Waals surface area contributed by atoms with Crippen LogP contribution in [-0.4, -0.2) is 11.1 Å². The highest BCUT2D eigenvalue weighted by Gasteiger charge is 2.27. The first-order valence-corrected chi connectivity index (χ1v) is 6.39. The minimum Gasteiger partial charge on any atom is -0.481 e. The van der Waals surface area contributed by atoms with Gasteiger partial charge in [0.25, 0.3) is 0 Å². The van der Waals surface area contributed by atoms with Gasteiger partial charge in [-0.1, -0.05) is 43.7 Å². The molecule has 2 aliphatic rings. The van der Waals surface area contributed by atoms with E-state index in [4.69, 9.17) is 5.11 Å². The van der Waals surface area contributed by atoms with Crippen LogP contribution in [0.1, 0.15) is 33.1 Å². The lowest BCUT2D eigenvalue weighted by molar-refractivity contribution is -0.136. The van der Waals surface area contributed by atoms with Crippen molar-refractivity contribution in [2.75, 3.05) is 0 Å². The van der Waals surface area contributed by atoms with Crippen molar-refractivity contribution in [2.45, 2.75) is 33.1 Å². The molecule has 0 aliphatic heterocycles. The Morgan fingerprint density at radius 1 is 1.47 bits per heavy atom. The molecule has 1 N–H and O–H groups in total. The molecule has 0 aromatic heterocycles. The van der Waals surface area contributed by atoms with Crippen LogP contribution >= 0.6 is 0 Å². The summed E-state index contributed by atoms with van der Waals surface area (Å²) in [5, 5.41) is 8.79. The average molecular weight is 232 g/mol. The van der Waals surface area contributed by atoms with Crippen LogP contribution in [0.3, 0.4) is 0 Å². The van der Waals surface area contributed by atoms with Crippen LogP contribution in [0.4, 0.5) is 0 Å². The van der Waals surface area contributed by atoms with Crippen LogP contribution in [0, 0.1) is 17.8 Å². The van der Waals surface area contributed by atoms with Gasteiger partial charge in [0.1, 0.15) is 0 Å². The number of rotatable bonds is 2. The molecular weight excluding hydrogens is 212 g/mol. The highest BCUT2D eigenvalue weighted by atomic mass is 16.4. The van der Waals surface area contributed by atoms with Crippen LogP contribution in [0.5, 0.6) is 0 Å². The van der Waals surface area contributed by atoms with Gasteiger partial charge in [-0.3, -0.25) is 4.79 Å².